The van der Waals surface area contributed by atoms with Gasteiger partial charge in [-0.2, -0.15) is 0 Å². The van der Waals surface area contributed by atoms with Gasteiger partial charge in [-0.1, -0.05) is 45.9 Å². The molecule has 0 radical (unpaired) electrons. The summed E-state index contributed by atoms with van der Waals surface area (Å²) in [5.41, 5.74) is 4.31. The van der Waals surface area contributed by atoms with Crippen molar-refractivity contribution in [2.45, 2.75) is 99.9 Å². The van der Waals surface area contributed by atoms with Crippen LogP contribution in [0.3, 0.4) is 0 Å². The summed E-state index contributed by atoms with van der Waals surface area (Å²) < 4.78 is 12.3. The van der Waals surface area contributed by atoms with Crippen molar-refractivity contribution in [3.05, 3.63) is 72.3 Å². The van der Waals surface area contributed by atoms with Gasteiger partial charge in [-0.3, -0.25) is 9.69 Å². The third kappa shape index (κ3) is 12.5. The smallest absolute Gasteiger partial charge is 0.408 e. The van der Waals surface area contributed by atoms with E-state index >= 15 is 0 Å². The Morgan fingerprint density at radius 3 is 2.26 bits per heavy atom. The second-order valence-electron chi connectivity index (χ2n) is 17.3. The van der Waals surface area contributed by atoms with Gasteiger partial charge in [0.1, 0.15) is 23.3 Å². The largest absolute Gasteiger partial charge is 0.464 e. The number of hydrogen-bond acceptors (Lipinski definition) is 12. The highest BCUT2D eigenvalue weighted by Gasteiger charge is 2.30. The number of nitrogens with one attached hydrogen (secondary N) is 3. The molecule has 312 valence electrons. The molecule has 0 saturated carbocycles. The fourth-order valence-electron chi connectivity index (χ4n) is 6.83. The van der Waals surface area contributed by atoms with Crippen molar-refractivity contribution in [2.24, 2.45) is 11.3 Å². The van der Waals surface area contributed by atoms with E-state index in [-0.39, 0.29) is 23.2 Å². The highest BCUT2D eigenvalue weighted by molar-refractivity contribution is 5.97. The topological polar surface area (TPSA) is 169 Å². The first-order valence-electron chi connectivity index (χ1n) is 20.0. The average molecular weight is 797 g/mol. The molecule has 1 fully saturated rings. The molecule has 0 spiro atoms. The van der Waals surface area contributed by atoms with Crippen LogP contribution in [0.4, 0.5) is 27.8 Å². The minimum atomic E-state index is -0.770. The van der Waals surface area contributed by atoms with E-state index in [1.54, 1.807) is 38.6 Å². The standard InChI is InChI=1S/C43H60N10O5/c1-11-57-40(55)38(28(2)3)53-27-33(49-50-53)26-51-18-20-52(21-19-51)37-15-13-32(25-45-37)46-36-23-30(16-17-44-36)34-14-12-31(22-29(34)4)47-39(54)35(24-42(5,6)7)48-41(56)58-43(8,9)10/h12-17,22-23,25,27-28,35,38H,11,18-21,24,26H2,1-10H3,(H,44,46)(H,47,54)(H,48,56)/t35-,38?/m1/s1. The van der Waals surface area contributed by atoms with Gasteiger partial charge in [0.25, 0.3) is 0 Å². The van der Waals surface area contributed by atoms with Gasteiger partial charge in [-0.05, 0) is 105 Å². The number of pyridine rings is 2. The number of alkyl carbamates (subject to hydrolysis) is 1. The van der Waals surface area contributed by atoms with Gasteiger partial charge in [0.15, 0.2) is 6.04 Å². The molecule has 1 unspecified atom stereocenters. The summed E-state index contributed by atoms with van der Waals surface area (Å²) >= 11 is 0. The van der Waals surface area contributed by atoms with E-state index in [4.69, 9.17) is 14.5 Å². The first-order chi connectivity index (χ1) is 27.4. The zero-order chi connectivity index (χ0) is 42.2. The number of amides is 2. The van der Waals surface area contributed by atoms with E-state index in [9.17, 15) is 14.4 Å². The monoisotopic (exact) mass is 796 g/mol. The summed E-state index contributed by atoms with van der Waals surface area (Å²) in [4.78, 5) is 52.4. The molecule has 4 aromatic rings. The number of esters is 1. The number of rotatable bonds is 14. The zero-order valence-electron chi connectivity index (χ0n) is 35.6. The summed E-state index contributed by atoms with van der Waals surface area (Å²) in [5, 5.41) is 17.7. The van der Waals surface area contributed by atoms with Crippen molar-refractivity contribution in [1.29, 1.82) is 0 Å². The second kappa shape index (κ2) is 18.8. The van der Waals surface area contributed by atoms with Gasteiger partial charge in [-0.25, -0.2) is 24.2 Å². The third-order valence-electron chi connectivity index (χ3n) is 9.49. The zero-order valence-corrected chi connectivity index (χ0v) is 35.6. The van der Waals surface area contributed by atoms with Crippen LogP contribution >= 0.6 is 0 Å². The maximum atomic E-state index is 13.4. The molecular formula is C43H60N10O5. The van der Waals surface area contributed by atoms with Gasteiger partial charge in [0, 0.05) is 44.6 Å². The van der Waals surface area contributed by atoms with Gasteiger partial charge in [-0.15, -0.1) is 5.10 Å². The van der Waals surface area contributed by atoms with E-state index in [0.29, 0.717) is 31.1 Å². The Labute approximate surface area is 342 Å². The van der Waals surface area contributed by atoms with Crippen LogP contribution in [-0.2, 0) is 25.6 Å². The number of aromatic nitrogens is 5. The van der Waals surface area contributed by atoms with Crippen molar-refractivity contribution in [2.75, 3.05) is 48.3 Å². The Morgan fingerprint density at radius 1 is 0.914 bits per heavy atom. The fraction of sp³-hybridized carbons (Fsp3) is 0.512. The highest BCUT2D eigenvalue weighted by Crippen LogP contribution is 2.29. The molecule has 0 aliphatic carbocycles. The number of aryl methyl sites for hydroxylation is 1. The molecule has 1 aromatic carbocycles. The van der Waals surface area contributed by atoms with Crippen molar-refractivity contribution >= 4 is 41.0 Å². The van der Waals surface area contributed by atoms with Crippen molar-refractivity contribution in [1.82, 2.24) is 35.2 Å². The van der Waals surface area contributed by atoms with Crippen LogP contribution in [0.1, 0.15) is 86.0 Å². The van der Waals surface area contributed by atoms with Crippen molar-refractivity contribution in [3.8, 4) is 11.1 Å². The summed E-state index contributed by atoms with van der Waals surface area (Å²) in [6.07, 6.45) is 5.24. The Kier molecular flexibility index (Phi) is 14.1. The van der Waals surface area contributed by atoms with Gasteiger partial charge in [0.05, 0.1) is 30.4 Å². The van der Waals surface area contributed by atoms with Crippen LogP contribution in [0, 0.1) is 18.3 Å². The molecule has 1 aliphatic rings. The van der Waals surface area contributed by atoms with Crippen LogP contribution in [-0.4, -0.2) is 92.3 Å². The van der Waals surface area contributed by atoms with E-state index in [1.807, 2.05) is 96.4 Å². The van der Waals surface area contributed by atoms with Crippen LogP contribution in [0.15, 0.2) is 61.1 Å². The van der Waals surface area contributed by atoms with E-state index in [2.05, 4.69) is 41.0 Å². The number of ether oxygens (including phenoxy) is 2. The number of nitrogens with zero attached hydrogens (tertiary/aromatic N) is 7. The maximum absolute atomic E-state index is 13.4. The molecule has 3 aromatic heterocycles. The number of piperazine rings is 1. The Morgan fingerprint density at radius 2 is 1.64 bits per heavy atom. The van der Waals surface area contributed by atoms with Crippen molar-refractivity contribution in [3.63, 3.8) is 0 Å². The highest BCUT2D eigenvalue weighted by atomic mass is 16.6. The quantitative estimate of drug-likeness (QED) is 0.111. The van der Waals surface area contributed by atoms with Gasteiger partial charge in [0.2, 0.25) is 5.91 Å². The number of hydrogen-bond donors (Lipinski definition) is 3. The van der Waals surface area contributed by atoms with Gasteiger partial charge >= 0.3 is 12.1 Å². The second-order valence-corrected chi connectivity index (χ2v) is 17.3. The molecule has 4 heterocycles. The molecule has 5 rings (SSSR count). The normalized spacial score (nSPS) is 14.8. The molecule has 2 atom stereocenters. The predicted molar refractivity (Wildman–Crippen MR) is 226 cm³/mol. The van der Waals surface area contributed by atoms with Gasteiger partial charge < -0.3 is 30.3 Å². The lowest BCUT2D eigenvalue weighted by Gasteiger charge is -2.35. The Hall–Kier alpha value is -5.57. The molecular weight excluding hydrogens is 737 g/mol. The Bertz CT molecular complexity index is 2010. The van der Waals surface area contributed by atoms with Crippen LogP contribution in [0.25, 0.3) is 11.1 Å². The predicted octanol–water partition coefficient (Wildman–Crippen LogP) is 7.14. The van der Waals surface area contributed by atoms with Crippen LogP contribution in [0.2, 0.25) is 0 Å². The third-order valence-corrected chi connectivity index (χ3v) is 9.49. The van der Waals surface area contributed by atoms with Crippen molar-refractivity contribution < 1.29 is 23.9 Å². The number of carbonyl (C=O) groups excluding carboxylic acids is 3. The molecule has 0 bridgehead atoms. The lowest BCUT2D eigenvalue weighted by molar-refractivity contribution is -0.149. The minimum Gasteiger partial charge on any atom is -0.464 e. The summed E-state index contributed by atoms with van der Waals surface area (Å²) in [7, 11) is 0. The number of benzene rings is 1. The molecule has 15 nitrogen and oxygen atoms in total. The number of carbonyl (C=O) groups is 3. The first-order valence-corrected chi connectivity index (χ1v) is 20.0. The maximum Gasteiger partial charge on any atom is 0.408 e. The Balaban J connectivity index is 1.15. The van der Waals surface area contributed by atoms with E-state index in [1.165, 1.54) is 0 Å². The van der Waals surface area contributed by atoms with E-state index in [0.717, 1.165) is 60.1 Å². The average Bonchev–Trinajstić information content (AvgIpc) is 3.58. The fourth-order valence-corrected chi connectivity index (χ4v) is 6.83. The SMILES string of the molecule is CCOC(=O)C(C(C)C)n1cc(CN2CCN(c3ccc(Nc4cc(-c5ccc(NC(=O)[C@@H](CC(C)(C)C)NC(=O)OC(C)(C)C)cc5C)ccn4)cn3)CC2)nn1. The lowest BCUT2D eigenvalue weighted by Crippen LogP contribution is -2.47. The summed E-state index contributed by atoms with van der Waals surface area (Å²) in [6, 6.07) is 12.4. The van der Waals surface area contributed by atoms with Crippen LogP contribution < -0.4 is 20.9 Å². The summed E-state index contributed by atoms with van der Waals surface area (Å²) in [6.45, 7) is 23.5. The molecule has 58 heavy (non-hydrogen) atoms. The molecule has 2 amide bonds. The molecule has 1 saturated heterocycles. The van der Waals surface area contributed by atoms with Crippen LogP contribution in [0.5, 0.6) is 0 Å². The lowest BCUT2D eigenvalue weighted by atomic mass is 9.87. The molecule has 1 aliphatic heterocycles. The number of anilines is 4. The van der Waals surface area contributed by atoms with E-state index < -0.39 is 23.8 Å². The summed E-state index contributed by atoms with van der Waals surface area (Å²) in [5.74, 6) is 1.01. The molecule has 3 N–H and O–H groups in total. The first kappa shape index (κ1) is 43.6. The molecule has 15 heteroatoms. The minimum absolute atomic E-state index is 0.0285.